The van der Waals surface area contributed by atoms with Gasteiger partial charge in [0.1, 0.15) is 0 Å². The van der Waals surface area contributed by atoms with E-state index in [2.05, 4.69) is 0 Å². The highest BCUT2D eigenvalue weighted by molar-refractivity contribution is 5.94. The molecule has 27 heavy (non-hydrogen) atoms. The van der Waals surface area contributed by atoms with Crippen LogP contribution in [0.25, 0.3) is 0 Å². The van der Waals surface area contributed by atoms with E-state index in [1.165, 1.54) is 4.90 Å². The van der Waals surface area contributed by atoms with E-state index in [1.807, 2.05) is 6.07 Å². The van der Waals surface area contributed by atoms with Gasteiger partial charge in [-0.25, -0.2) is 4.39 Å². The first-order chi connectivity index (χ1) is 12.4. The Morgan fingerprint density at radius 3 is 1.81 bits per heavy atom. The molecule has 1 aliphatic heterocycles. The van der Waals surface area contributed by atoms with E-state index >= 15 is 0 Å². The molecule has 0 saturated carbocycles. The van der Waals surface area contributed by atoms with Gasteiger partial charge in [-0.1, -0.05) is 12.1 Å². The van der Waals surface area contributed by atoms with E-state index < -0.39 is 29.5 Å². The van der Waals surface area contributed by atoms with Crippen LogP contribution in [-0.2, 0) is 5.67 Å². The van der Waals surface area contributed by atoms with Crippen LogP contribution in [-0.4, -0.2) is 60.8 Å². The molecule has 0 N–H and O–H groups in total. The Labute approximate surface area is 149 Å². The molecule has 4 nitrogen and oxygen atoms in total. The van der Waals surface area contributed by atoms with Crippen molar-refractivity contribution in [2.24, 2.45) is 0 Å². The summed E-state index contributed by atoms with van der Waals surface area (Å²) in [6.45, 7) is 1.51. The molecule has 1 aromatic carbocycles. The van der Waals surface area contributed by atoms with Crippen LogP contribution in [0.1, 0.15) is 15.9 Å². The van der Waals surface area contributed by atoms with E-state index in [-0.39, 0.29) is 25.2 Å². The van der Waals surface area contributed by atoms with Crippen LogP contribution in [0.4, 0.5) is 30.7 Å². The van der Waals surface area contributed by atoms with Crippen LogP contribution >= 0.6 is 0 Å². The maximum Gasteiger partial charge on any atom is 0.435 e. The van der Waals surface area contributed by atoms with Crippen LogP contribution in [0, 0.1) is 11.3 Å². The molecule has 1 aromatic rings. The zero-order chi connectivity index (χ0) is 20.5. The molecule has 2 rings (SSSR count). The first kappa shape index (κ1) is 21.0. The predicted octanol–water partition coefficient (Wildman–Crippen LogP) is 3.26. The van der Waals surface area contributed by atoms with Gasteiger partial charge in [0, 0.05) is 37.3 Å². The number of carbonyl (C=O) groups is 1. The second kappa shape index (κ2) is 7.34. The molecule has 1 amide bonds. The van der Waals surface area contributed by atoms with Crippen LogP contribution in [0.5, 0.6) is 0 Å². The monoisotopic (exact) mass is 397 g/mol. The largest absolute Gasteiger partial charge is 0.435 e. The molecule has 0 bridgehead atoms. The zero-order valence-electron chi connectivity index (χ0n) is 13.7. The summed E-state index contributed by atoms with van der Waals surface area (Å²) in [7, 11) is 0. The van der Waals surface area contributed by atoms with Crippen LogP contribution in [0.2, 0.25) is 0 Å². The Bertz CT molecular complexity index is 700. The highest BCUT2D eigenvalue weighted by atomic mass is 19.4. The fourth-order valence-electron chi connectivity index (χ4n) is 2.72. The molecule has 1 saturated heterocycles. The molecule has 0 atom stereocenters. The summed E-state index contributed by atoms with van der Waals surface area (Å²) in [5.41, 5.74) is -7.32. The molecule has 0 aromatic heterocycles. The maximum absolute atomic E-state index is 14.0. The summed E-state index contributed by atoms with van der Waals surface area (Å²) < 4.78 is 90.4. The second-order valence-electron chi connectivity index (χ2n) is 5.96. The smallest absolute Gasteiger partial charge is 0.336 e. The predicted molar refractivity (Wildman–Crippen MR) is 79.3 cm³/mol. The molecule has 0 radical (unpaired) electrons. The number of nitriles is 1. The number of benzene rings is 1. The number of piperazine rings is 1. The SMILES string of the molecule is N#CCN1CCN(C(=O)c2ccc(C(F)(C(F)(F)F)C(F)(F)F)cc2)CC1. The number of carbonyl (C=O) groups excluding carboxylic acids is 1. The Morgan fingerprint density at radius 1 is 0.926 bits per heavy atom. The Kier molecular flexibility index (Phi) is 5.70. The Hall–Kier alpha value is -2.35. The third-order valence-electron chi connectivity index (χ3n) is 4.26. The third-order valence-corrected chi connectivity index (χ3v) is 4.26. The lowest BCUT2D eigenvalue weighted by molar-refractivity contribution is -0.348. The minimum Gasteiger partial charge on any atom is -0.336 e. The van der Waals surface area contributed by atoms with Crippen molar-refractivity contribution >= 4 is 5.91 Å². The first-order valence-corrected chi connectivity index (χ1v) is 7.73. The fourth-order valence-corrected chi connectivity index (χ4v) is 2.72. The minimum atomic E-state index is -6.20. The van der Waals surface area contributed by atoms with Gasteiger partial charge in [0.2, 0.25) is 0 Å². The lowest BCUT2D eigenvalue weighted by Gasteiger charge is -2.33. The van der Waals surface area contributed by atoms with Crippen molar-refractivity contribution < 1.29 is 35.5 Å². The number of amides is 1. The average molecular weight is 397 g/mol. The molecule has 148 valence electrons. The summed E-state index contributed by atoms with van der Waals surface area (Å²) in [5, 5.41) is 8.61. The average Bonchev–Trinajstić information content (AvgIpc) is 2.59. The molecule has 0 unspecified atom stereocenters. The zero-order valence-corrected chi connectivity index (χ0v) is 13.7. The molecule has 1 fully saturated rings. The quantitative estimate of drug-likeness (QED) is 0.581. The van der Waals surface area contributed by atoms with Crippen LogP contribution in [0.15, 0.2) is 24.3 Å². The lowest BCUT2D eigenvalue weighted by Crippen LogP contribution is -2.50. The molecule has 0 aliphatic carbocycles. The van der Waals surface area contributed by atoms with Gasteiger partial charge in [-0.05, 0) is 12.1 Å². The molecular formula is C16H14F7N3O. The van der Waals surface area contributed by atoms with Gasteiger partial charge in [-0.3, -0.25) is 9.69 Å². The van der Waals surface area contributed by atoms with Crippen molar-refractivity contribution in [3.63, 3.8) is 0 Å². The fraction of sp³-hybridized carbons (Fsp3) is 0.500. The van der Waals surface area contributed by atoms with Crippen molar-refractivity contribution in [3.05, 3.63) is 35.4 Å². The van der Waals surface area contributed by atoms with Crippen molar-refractivity contribution in [2.45, 2.75) is 18.0 Å². The van der Waals surface area contributed by atoms with Gasteiger partial charge in [0.25, 0.3) is 5.91 Å². The van der Waals surface area contributed by atoms with E-state index in [1.54, 1.807) is 4.90 Å². The highest BCUT2D eigenvalue weighted by Gasteiger charge is 2.73. The van der Waals surface area contributed by atoms with Gasteiger partial charge in [0.05, 0.1) is 12.6 Å². The van der Waals surface area contributed by atoms with E-state index in [0.29, 0.717) is 25.2 Å². The topological polar surface area (TPSA) is 47.3 Å². The van der Waals surface area contributed by atoms with Gasteiger partial charge in [0.15, 0.2) is 0 Å². The van der Waals surface area contributed by atoms with Gasteiger partial charge in [-0.2, -0.15) is 31.6 Å². The number of hydrogen-bond acceptors (Lipinski definition) is 3. The first-order valence-electron chi connectivity index (χ1n) is 7.73. The minimum absolute atomic E-state index is 0.154. The van der Waals surface area contributed by atoms with Gasteiger partial charge < -0.3 is 4.90 Å². The standard InChI is InChI=1S/C16H14F7N3O/c17-14(15(18,19)20,16(21,22)23)12-3-1-11(2-4-12)13(27)26-9-7-25(6-5-24)8-10-26/h1-4H,6-10H2. The van der Waals surface area contributed by atoms with Crippen molar-refractivity contribution in [1.82, 2.24) is 9.80 Å². The number of alkyl halides is 7. The summed E-state index contributed by atoms with van der Waals surface area (Å²) in [4.78, 5) is 15.5. The molecule has 1 aliphatic rings. The number of hydrogen-bond donors (Lipinski definition) is 0. The van der Waals surface area contributed by atoms with Gasteiger partial charge >= 0.3 is 18.0 Å². The Balaban J connectivity index is 2.20. The van der Waals surface area contributed by atoms with E-state index in [9.17, 15) is 35.5 Å². The Morgan fingerprint density at radius 2 is 1.41 bits per heavy atom. The summed E-state index contributed by atoms with van der Waals surface area (Å²) in [5.74, 6) is -0.596. The number of rotatable bonds is 3. The van der Waals surface area contributed by atoms with Crippen LogP contribution < -0.4 is 0 Å². The van der Waals surface area contributed by atoms with Crippen molar-refractivity contribution in [1.29, 1.82) is 5.26 Å². The third kappa shape index (κ3) is 4.00. The van der Waals surface area contributed by atoms with E-state index in [4.69, 9.17) is 5.26 Å². The highest BCUT2D eigenvalue weighted by Crippen LogP contribution is 2.53. The van der Waals surface area contributed by atoms with Crippen molar-refractivity contribution in [3.8, 4) is 6.07 Å². The van der Waals surface area contributed by atoms with E-state index in [0.717, 1.165) is 12.1 Å². The summed E-state index contributed by atoms with van der Waals surface area (Å²) in [6.07, 6.45) is -12.4. The summed E-state index contributed by atoms with van der Waals surface area (Å²) >= 11 is 0. The number of nitrogens with zero attached hydrogens (tertiary/aromatic N) is 3. The normalized spacial score (nSPS) is 16.9. The molecule has 1 heterocycles. The molecule has 11 heteroatoms. The van der Waals surface area contributed by atoms with Crippen LogP contribution in [0.3, 0.4) is 0 Å². The maximum atomic E-state index is 14.0. The molecule has 0 spiro atoms. The second-order valence-corrected chi connectivity index (χ2v) is 5.96. The summed E-state index contributed by atoms with van der Waals surface area (Å²) in [6, 6.07) is 4.08. The molecular weight excluding hydrogens is 383 g/mol. The lowest BCUT2D eigenvalue weighted by atomic mass is 9.93. The van der Waals surface area contributed by atoms with Crippen molar-refractivity contribution in [2.75, 3.05) is 32.7 Å². The number of halogens is 7. The van der Waals surface area contributed by atoms with Gasteiger partial charge in [-0.15, -0.1) is 0 Å².